The Hall–Kier alpha value is -1.16. The van der Waals surface area contributed by atoms with Crippen LogP contribution in [0, 0.1) is 6.92 Å². The molecule has 0 saturated heterocycles. The molecule has 2 rings (SSSR count). The van der Waals surface area contributed by atoms with Crippen molar-refractivity contribution < 1.29 is 0 Å². The molecule has 1 saturated carbocycles. The molecule has 0 radical (unpaired) electrons. The van der Waals surface area contributed by atoms with Gasteiger partial charge in [-0.2, -0.15) is 0 Å². The molecule has 1 aromatic heterocycles. The van der Waals surface area contributed by atoms with E-state index in [1.54, 1.807) is 0 Å². The molecule has 1 aromatic rings. The molecule has 0 aliphatic heterocycles. The van der Waals surface area contributed by atoms with Gasteiger partial charge in [-0.1, -0.05) is 25.7 Å². The van der Waals surface area contributed by atoms with Crippen molar-refractivity contribution in [3.05, 3.63) is 27.4 Å². The summed E-state index contributed by atoms with van der Waals surface area (Å²) in [6.45, 7) is 2.12. The van der Waals surface area contributed by atoms with Crippen molar-refractivity contribution in [1.82, 2.24) is 9.97 Å². The van der Waals surface area contributed by atoms with Crippen LogP contribution in [-0.2, 0) is 6.54 Å². The number of aromatic amines is 1. The molecule has 1 heterocycles. The van der Waals surface area contributed by atoms with Crippen molar-refractivity contribution in [2.75, 3.05) is 0 Å². The Morgan fingerprint density at radius 2 is 1.94 bits per heavy atom. The first kappa shape index (κ1) is 12.3. The summed E-state index contributed by atoms with van der Waals surface area (Å²) >= 11 is 0. The molecule has 0 atom stereocenters. The molecule has 0 spiro atoms. The highest BCUT2D eigenvalue weighted by Gasteiger charge is 2.20. The molecule has 3 N–H and O–H groups in total. The number of aryl methyl sites for hydroxylation is 1. The van der Waals surface area contributed by atoms with Crippen molar-refractivity contribution in [2.45, 2.75) is 57.9 Å². The third kappa shape index (κ3) is 2.75. The summed E-state index contributed by atoms with van der Waals surface area (Å²) in [6, 6.07) is 0. The second-order valence-corrected chi connectivity index (χ2v) is 4.91. The summed E-state index contributed by atoms with van der Waals surface area (Å²) in [7, 11) is 0. The van der Waals surface area contributed by atoms with Crippen molar-refractivity contribution in [3.63, 3.8) is 0 Å². The minimum atomic E-state index is -0.0563. The van der Waals surface area contributed by atoms with Crippen LogP contribution in [-0.4, -0.2) is 9.97 Å². The smallest absolute Gasteiger partial charge is 0.255 e. The fourth-order valence-electron chi connectivity index (χ4n) is 2.72. The van der Waals surface area contributed by atoms with E-state index in [1.165, 1.54) is 25.7 Å². The molecular formula is C13H21N3O. The number of H-pyrrole nitrogens is 1. The number of rotatable bonds is 2. The van der Waals surface area contributed by atoms with Gasteiger partial charge in [-0.3, -0.25) is 4.79 Å². The lowest BCUT2D eigenvalue weighted by Crippen LogP contribution is -2.23. The van der Waals surface area contributed by atoms with Crippen LogP contribution in [0.1, 0.15) is 61.5 Å². The van der Waals surface area contributed by atoms with E-state index < -0.39 is 0 Å². The van der Waals surface area contributed by atoms with Crippen molar-refractivity contribution >= 4 is 0 Å². The molecule has 4 nitrogen and oxygen atoms in total. The summed E-state index contributed by atoms with van der Waals surface area (Å²) in [5.74, 6) is 1.13. The molecular weight excluding hydrogens is 214 g/mol. The highest BCUT2D eigenvalue weighted by atomic mass is 16.1. The molecule has 0 amide bonds. The van der Waals surface area contributed by atoms with Gasteiger partial charge in [0.15, 0.2) is 0 Å². The summed E-state index contributed by atoms with van der Waals surface area (Å²) in [5.41, 5.74) is 7.27. The van der Waals surface area contributed by atoms with E-state index in [9.17, 15) is 4.79 Å². The quantitative estimate of drug-likeness (QED) is 0.770. The number of hydrogen-bond acceptors (Lipinski definition) is 3. The summed E-state index contributed by atoms with van der Waals surface area (Å²) in [5, 5.41) is 0. The maximum atomic E-state index is 11.8. The van der Waals surface area contributed by atoms with Crippen molar-refractivity contribution in [2.24, 2.45) is 5.73 Å². The van der Waals surface area contributed by atoms with Crippen LogP contribution in [0.5, 0.6) is 0 Å². The minimum Gasteiger partial charge on any atom is -0.326 e. The minimum absolute atomic E-state index is 0.0563. The zero-order valence-electron chi connectivity index (χ0n) is 10.5. The summed E-state index contributed by atoms with van der Waals surface area (Å²) < 4.78 is 0. The third-order valence-corrected chi connectivity index (χ3v) is 3.61. The Balaban J connectivity index is 2.38. The first-order chi connectivity index (χ1) is 8.22. The lowest BCUT2D eigenvalue weighted by molar-refractivity contribution is 0.566. The van der Waals surface area contributed by atoms with Gasteiger partial charge >= 0.3 is 0 Å². The van der Waals surface area contributed by atoms with Gasteiger partial charge in [0.05, 0.1) is 11.3 Å². The fourth-order valence-corrected chi connectivity index (χ4v) is 2.72. The zero-order chi connectivity index (χ0) is 12.3. The van der Waals surface area contributed by atoms with Gasteiger partial charge in [0.1, 0.15) is 5.82 Å². The van der Waals surface area contributed by atoms with Gasteiger partial charge < -0.3 is 10.7 Å². The third-order valence-electron chi connectivity index (χ3n) is 3.61. The highest BCUT2D eigenvalue weighted by molar-refractivity contribution is 5.21. The average molecular weight is 235 g/mol. The van der Waals surface area contributed by atoms with E-state index >= 15 is 0 Å². The maximum Gasteiger partial charge on any atom is 0.255 e. The van der Waals surface area contributed by atoms with Gasteiger partial charge in [0, 0.05) is 12.5 Å². The molecule has 4 heteroatoms. The number of hydrogen-bond donors (Lipinski definition) is 2. The van der Waals surface area contributed by atoms with E-state index in [0.717, 1.165) is 18.5 Å². The number of nitrogens with two attached hydrogens (primary N) is 1. The Morgan fingerprint density at radius 3 is 2.53 bits per heavy atom. The molecule has 94 valence electrons. The van der Waals surface area contributed by atoms with Crippen LogP contribution in [0.3, 0.4) is 0 Å². The van der Waals surface area contributed by atoms with E-state index in [0.29, 0.717) is 17.3 Å². The topological polar surface area (TPSA) is 71.8 Å². The van der Waals surface area contributed by atoms with Crippen LogP contribution in [0.15, 0.2) is 4.79 Å². The van der Waals surface area contributed by atoms with Crippen LogP contribution in [0.25, 0.3) is 0 Å². The van der Waals surface area contributed by atoms with E-state index in [2.05, 4.69) is 9.97 Å². The van der Waals surface area contributed by atoms with Gasteiger partial charge in [0.2, 0.25) is 0 Å². The van der Waals surface area contributed by atoms with Gasteiger partial charge in [-0.25, -0.2) is 4.98 Å². The fraction of sp³-hybridized carbons (Fsp3) is 0.692. The maximum absolute atomic E-state index is 11.8. The Labute approximate surface area is 102 Å². The van der Waals surface area contributed by atoms with Crippen molar-refractivity contribution in [1.29, 1.82) is 0 Å². The van der Waals surface area contributed by atoms with Crippen LogP contribution in [0.2, 0.25) is 0 Å². The van der Waals surface area contributed by atoms with Gasteiger partial charge in [-0.15, -0.1) is 0 Å². The van der Waals surface area contributed by atoms with E-state index in [1.807, 2.05) is 6.92 Å². The molecule has 1 fully saturated rings. The largest absolute Gasteiger partial charge is 0.326 e. The number of nitrogens with zero attached hydrogens (tertiary/aromatic N) is 1. The Kier molecular flexibility index (Phi) is 3.94. The predicted molar refractivity (Wildman–Crippen MR) is 67.9 cm³/mol. The predicted octanol–water partition coefficient (Wildman–Crippen LogP) is 1.97. The van der Waals surface area contributed by atoms with Crippen LogP contribution in [0.4, 0.5) is 0 Å². The average Bonchev–Trinajstić information content (AvgIpc) is 2.56. The monoisotopic (exact) mass is 235 g/mol. The van der Waals surface area contributed by atoms with E-state index in [4.69, 9.17) is 5.73 Å². The first-order valence-corrected chi connectivity index (χ1v) is 6.52. The van der Waals surface area contributed by atoms with E-state index in [-0.39, 0.29) is 12.1 Å². The molecule has 17 heavy (non-hydrogen) atoms. The molecule has 0 bridgehead atoms. The molecule has 0 aromatic carbocycles. The van der Waals surface area contributed by atoms with Crippen molar-refractivity contribution in [3.8, 4) is 0 Å². The SMILES string of the molecule is Cc1nc(C2CCCCCC2)c(CN)c(=O)[nH]1. The Morgan fingerprint density at radius 1 is 1.29 bits per heavy atom. The second-order valence-electron chi connectivity index (χ2n) is 4.91. The number of aromatic nitrogens is 2. The second kappa shape index (κ2) is 5.45. The van der Waals surface area contributed by atoms with Gasteiger partial charge in [0.25, 0.3) is 5.56 Å². The normalized spacial score (nSPS) is 18.0. The molecule has 1 aliphatic carbocycles. The van der Waals surface area contributed by atoms with Gasteiger partial charge in [-0.05, 0) is 19.8 Å². The summed E-state index contributed by atoms with van der Waals surface area (Å²) in [4.78, 5) is 19.1. The number of nitrogens with one attached hydrogen (secondary N) is 1. The standard InChI is InChI=1S/C13H21N3O/c1-9-15-12(11(8-14)13(17)16-9)10-6-4-2-3-5-7-10/h10H,2-8,14H2,1H3,(H,15,16,17). The van der Waals surface area contributed by atoms with Crippen LogP contribution >= 0.6 is 0 Å². The Bertz CT molecular complexity index is 431. The summed E-state index contributed by atoms with van der Waals surface area (Å²) in [6.07, 6.45) is 7.36. The zero-order valence-corrected chi connectivity index (χ0v) is 10.5. The lowest BCUT2D eigenvalue weighted by atomic mass is 9.93. The molecule has 0 unspecified atom stereocenters. The molecule has 1 aliphatic rings. The van der Waals surface area contributed by atoms with Crippen LogP contribution < -0.4 is 11.3 Å². The first-order valence-electron chi connectivity index (χ1n) is 6.52. The highest BCUT2D eigenvalue weighted by Crippen LogP contribution is 2.31. The lowest BCUT2D eigenvalue weighted by Gasteiger charge is -2.16.